The molecule has 1 aromatic carbocycles. The number of benzene rings is 1. The van der Waals surface area contributed by atoms with Crippen molar-refractivity contribution in [2.75, 3.05) is 30.8 Å². The van der Waals surface area contributed by atoms with Crippen LogP contribution in [0.5, 0.6) is 5.75 Å². The fourth-order valence-electron chi connectivity index (χ4n) is 2.55. The number of rotatable bonds is 5. The van der Waals surface area contributed by atoms with E-state index >= 15 is 0 Å². The van der Waals surface area contributed by atoms with Crippen LogP contribution in [-0.4, -0.2) is 34.8 Å². The number of hydrogen-bond donors (Lipinski definition) is 3. The van der Waals surface area contributed by atoms with Crippen LogP contribution in [-0.2, 0) is 11.2 Å². The summed E-state index contributed by atoms with van der Waals surface area (Å²) in [4.78, 5) is 8.54. The molecule has 0 bridgehead atoms. The Hall–Kier alpha value is -2.34. The molecule has 1 aliphatic heterocycles. The largest absolute Gasteiger partial charge is 0.508 e. The first-order valence-electron chi connectivity index (χ1n) is 7.45. The van der Waals surface area contributed by atoms with Crippen LogP contribution in [0.15, 0.2) is 30.3 Å². The average Bonchev–Trinajstić information content (AvgIpc) is 3.03. The first-order chi connectivity index (χ1) is 10.7. The van der Waals surface area contributed by atoms with Gasteiger partial charge in [-0.3, -0.25) is 0 Å². The Kier molecular flexibility index (Phi) is 4.39. The van der Waals surface area contributed by atoms with Crippen molar-refractivity contribution < 1.29 is 9.84 Å². The van der Waals surface area contributed by atoms with E-state index < -0.39 is 0 Å². The van der Waals surface area contributed by atoms with Gasteiger partial charge in [-0.15, -0.1) is 0 Å². The maximum absolute atomic E-state index is 9.27. The molecule has 3 rings (SSSR count). The lowest BCUT2D eigenvalue weighted by atomic mass is 10.0. The summed E-state index contributed by atoms with van der Waals surface area (Å²) in [6, 6.07) is 9.15. The molecule has 1 fully saturated rings. The van der Waals surface area contributed by atoms with E-state index in [4.69, 9.17) is 10.5 Å². The van der Waals surface area contributed by atoms with Crippen LogP contribution in [0.3, 0.4) is 0 Å². The predicted molar refractivity (Wildman–Crippen MR) is 84.9 cm³/mol. The van der Waals surface area contributed by atoms with Gasteiger partial charge in [-0.1, -0.05) is 12.1 Å². The van der Waals surface area contributed by atoms with E-state index in [2.05, 4.69) is 15.3 Å². The molecule has 0 spiro atoms. The third-order valence-electron chi connectivity index (χ3n) is 3.77. The molecule has 0 unspecified atom stereocenters. The zero-order valence-electron chi connectivity index (χ0n) is 12.3. The SMILES string of the molecule is Nc1nc(NCCc2ccc(O)cc2)cc([C@H]2CCOC2)n1. The van der Waals surface area contributed by atoms with Crippen LogP contribution in [0.25, 0.3) is 0 Å². The Labute approximate surface area is 129 Å². The molecule has 0 saturated carbocycles. The number of nitrogen functional groups attached to an aromatic ring is 1. The van der Waals surface area contributed by atoms with Crippen LogP contribution in [0.4, 0.5) is 11.8 Å². The molecule has 0 radical (unpaired) electrons. The number of ether oxygens (including phenoxy) is 1. The number of phenolic OH excluding ortho intramolecular Hbond substituents is 1. The van der Waals surface area contributed by atoms with E-state index in [1.165, 1.54) is 0 Å². The van der Waals surface area contributed by atoms with Crippen molar-refractivity contribution in [1.29, 1.82) is 0 Å². The van der Waals surface area contributed by atoms with E-state index in [0.29, 0.717) is 12.5 Å². The average molecular weight is 300 g/mol. The molecule has 1 saturated heterocycles. The highest BCUT2D eigenvalue weighted by Crippen LogP contribution is 2.25. The third kappa shape index (κ3) is 3.65. The molecule has 2 heterocycles. The molecule has 22 heavy (non-hydrogen) atoms. The summed E-state index contributed by atoms with van der Waals surface area (Å²) in [5.41, 5.74) is 7.89. The molecule has 4 N–H and O–H groups in total. The summed E-state index contributed by atoms with van der Waals surface area (Å²) in [5.74, 6) is 1.62. The van der Waals surface area contributed by atoms with Gasteiger partial charge in [0.25, 0.3) is 0 Å². The molecule has 0 amide bonds. The van der Waals surface area contributed by atoms with Crippen LogP contribution >= 0.6 is 0 Å². The van der Waals surface area contributed by atoms with Crippen LogP contribution in [0, 0.1) is 0 Å². The van der Waals surface area contributed by atoms with Gasteiger partial charge >= 0.3 is 0 Å². The standard InChI is InChI=1S/C16H20N4O2/c17-16-19-14(12-6-8-22-10-12)9-15(20-16)18-7-5-11-1-3-13(21)4-2-11/h1-4,9,12,21H,5-8,10H2,(H3,17,18,19,20)/t12-/m0/s1. The van der Waals surface area contributed by atoms with E-state index in [-0.39, 0.29) is 11.7 Å². The molecule has 1 aromatic heterocycles. The zero-order chi connectivity index (χ0) is 15.4. The molecule has 0 aliphatic carbocycles. The third-order valence-corrected chi connectivity index (χ3v) is 3.77. The summed E-state index contributed by atoms with van der Waals surface area (Å²) in [6.45, 7) is 2.21. The highest BCUT2D eigenvalue weighted by molar-refractivity contribution is 5.42. The van der Waals surface area contributed by atoms with Gasteiger partial charge in [0, 0.05) is 25.1 Å². The highest BCUT2D eigenvalue weighted by atomic mass is 16.5. The maximum atomic E-state index is 9.27. The van der Waals surface area contributed by atoms with Crippen molar-refractivity contribution in [3.63, 3.8) is 0 Å². The van der Waals surface area contributed by atoms with E-state index in [0.717, 1.165) is 43.1 Å². The minimum Gasteiger partial charge on any atom is -0.508 e. The lowest BCUT2D eigenvalue weighted by Gasteiger charge is -2.11. The smallest absolute Gasteiger partial charge is 0.222 e. The Morgan fingerprint density at radius 3 is 2.82 bits per heavy atom. The number of aromatic nitrogens is 2. The number of anilines is 2. The van der Waals surface area contributed by atoms with E-state index in [9.17, 15) is 5.11 Å². The number of phenols is 1. The maximum Gasteiger partial charge on any atom is 0.222 e. The van der Waals surface area contributed by atoms with Gasteiger partial charge in [-0.25, -0.2) is 4.98 Å². The molecule has 116 valence electrons. The number of hydrogen-bond acceptors (Lipinski definition) is 6. The zero-order valence-corrected chi connectivity index (χ0v) is 12.3. The number of nitrogens with zero attached hydrogens (tertiary/aromatic N) is 2. The van der Waals surface area contributed by atoms with Crippen molar-refractivity contribution in [2.45, 2.75) is 18.8 Å². The first-order valence-corrected chi connectivity index (χ1v) is 7.45. The second-order valence-electron chi connectivity index (χ2n) is 5.44. The first kappa shape index (κ1) is 14.6. The second-order valence-corrected chi connectivity index (χ2v) is 5.44. The number of nitrogens with two attached hydrogens (primary N) is 1. The predicted octanol–water partition coefficient (Wildman–Crippen LogP) is 1.92. The van der Waals surface area contributed by atoms with Gasteiger partial charge in [0.15, 0.2) is 0 Å². The number of aromatic hydroxyl groups is 1. The van der Waals surface area contributed by atoms with Gasteiger partial charge in [0.05, 0.1) is 12.3 Å². The minimum absolute atomic E-state index is 0.281. The summed E-state index contributed by atoms with van der Waals surface area (Å²) >= 11 is 0. The van der Waals surface area contributed by atoms with Crippen LogP contribution in [0.1, 0.15) is 23.6 Å². The molecular weight excluding hydrogens is 280 g/mol. The van der Waals surface area contributed by atoms with Crippen molar-refractivity contribution in [3.05, 3.63) is 41.6 Å². The Morgan fingerprint density at radius 2 is 2.09 bits per heavy atom. The molecule has 1 atom stereocenters. The summed E-state index contributed by atoms with van der Waals surface area (Å²) < 4.78 is 5.40. The minimum atomic E-state index is 0.281. The van der Waals surface area contributed by atoms with Gasteiger partial charge < -0.3 is 20.9 Å². The molecule has 6 heteroatoms. The van der Waals surface area contributed by atoms with Crippen molar-refractivity contribution in [1.82, 2.24) is 9.97 Å². The van der Waals surface area contributed by atoms with E-state index in [1.807, 2.05) is 18.2 Å². The fourth-order valence-corrected chi connectivity index (χ4v) is 2.55. The van der Waals surface area contributed by atoms with Crippen LogP contribution < -0.4 is 11.1 Å². The quantitative estimate of drug-likeness (QED) is 0.781. The van der Waals surface area contributed by atoms with Crippen molar-refractivity contribution in [2.24, 2.45) is 0 Å². The van der Waals surface area contributed by atoms with Gasteiger partial charge in [-0.05, 0) is 30.5 Å². The topological polar surface area (TPSA) is 93.3 Å². The fraction of sp³-hybridized carbons (Fsp3) is 0.375. The van der Waals surface area contributed by atoms with Gasteiger partial charge in [0.1, 0.15) is 11.6 Å². The Morgan fingerprint density at radius 1 is 1.27 bits per heavy atom. The number of nitrogens with one attached hydrogen (secondary N) is 1. The normalized spacial score (nSPS) is 17.5. The van der Waals surface area contributed by atoms with Crippen LogP contribution in [0.2, 0.25) is 0 Å². The second kappa shape index (κ2) is 6.62. The monoisotopic (exact) mass is 300 g/mol. The van der Waals surface area contributed by atoms with Gasteiger partial charge in [-0.2, -0.15) is 4.98 Å². The van der Waals surface area contributed by atoms with Crippen molar-refractivity contribution in [3.8, 4) is 5.75 Å². The lowest BCUT2D eigenvalue weighted by Crippen LogP contribution is -2.11. The summed E-state index contributed by atoms with van der Waals surface area (Å²) in [6.07, 6.45) is 1.81. The molecule has 1 aliphatic rings. The molecular formula is C16H20N4O2. The van der Waals surface area contributed by atoms with Crippen molar-refractivity contribution >= 4 is 11.8 Å². The van der Waals surface area contributed by atoms with E-state index in [1.54, 1.807) is 12.1 Å². The Balaban J connectivity index is 1.61. The van der Waals surface area contributed by atoms with Gasteiger partial charge in [0.2, 0.25) is 5.95 Å². The molecule has 6 nitrogen and oxygen atoms in total. The summed E-state index contributed by atoms with van der Waals surface area (Å²) in [7, 11) is 0. The molecule has 2 aromatic rings. The Bertz CT molecular complexity index is 625. The summed E-state index contributed by atoms with van der Waals surface area (Å²) in [5, 5.41) is 12.5. The highest BCUT2D eigenvalue weighted by Gasteiger charge is 2.20. The lowest BCUT2D eigenvalue weighted by molar-refractivity contribution is 0.193.